The van der Waals surface area contributed by atoms with Gasteiger partial charge in [0.15, 0.2) is 11.3 Å². The predicted molar refractivity (Wildman–Crippen MR) is 216 cm³/mol. The van der Waals surface area contributed by atoms with Gasteiger partial charge in [-0.3, -0.25) is 33.5 Å². The number of amides is 3. The number of nitrogens with zero attached hydrogens (tertiary/aromatic N) is 9. The second-order valence-corrected chi connectivity index (χ2v) is 16.7. The third-order valence-corrected chi connectivity index (χ3v) is 12.9. The number of aryl methyl sites for hydroxylation is 1. The molecule has 1 saturated carbocycles. The summed E-state index contributed by atoms with van der Waals surface area (Å²) in [5, 5.41) is 13.5. The van der Waals surface area contributed by atoms with E-state index in [-0.39, 0.29) is 66.6 Å². The Balaban J connectivity index is 0.705. The van der Waals surface area contributed by atoms with Gasteiger partial charge in [-0.2, -0.15) is 10.2 Å². The third-order valence-electron chi connectivity index (χ3n) is 12.9. The van der Waals surface area contributed by atoms with Crippen LogP contribution < -0.4 is 21.2 Å². The summed E-state index contributed by atoms with van der Waals surface area (Å²) < 4.78 is 46.3. The van der Waals surface area contributed by atoms with E-state index in [0.717, 1.165) is 64.1 Å². The highest BCUT2D eigenvalue weighted by Gasteiger charge is 2.40. The number of halogens is 2. The monoisotopic (exact) mass is 837 g/mol. The van der Waals surface area contributed by atoms with E-state index in [1.165, 1.54) is 26.0 Å². The van der Waals surface area contributed by atoms with E-state index in [1.54, 1.807) is 30.1 Å². The van der Waals surface area contributed by atoms with Crippen LogP contribution in [0.4, 0.5) is 20.3 Å². The maximum absolute atomic E-state index is 14.2. The Hall–Kier alpha value is -5.97. The number of aromatic nitrogens is 7. The maximum Gasteiger partial charge on any atom is 0.329 e. The van der Waals surface area contributed by atoms with Gasteiger partial charge in [-0.25, -0.2) is 23.1 Å². The van der Waals surface area contributed by atoms with Crippen molar-refractivity contribution in [1.29, 1.82) is 0 Å². The van der Waals surface area contributed by atoms with Crippen LogP contribution in [0.25, 0.3) is 16.7 Å². The highest BCUT2D eigenvalue weighted by Crippen LogP contribution is 2.40. The molecule has 61 heavy (non-hydrogen) atoms. The summed E-state index contributed by atoms with van der Waals surface area (Å²) in [5.41, 5.74) is 1.56. The van der Waals surface area contributed by atoms with Crippen LogP contribution in [0.1, 0.15) is 85.1 Å². The standard InChI is InChI=1S/C42H45F2N11O6/c1-50-37-25(4-2-6-32(37)55(42(50)59)33-7-8-35(56)48-41(33)58)5-3-15-60-28-9-12-51(13-10-28)20-24-16-26(17-24)54-22-31(36(49-54)38(43)44)46-40(57)30-19-45-53-14-11-34(47-39(30)53)52-21-29-18-27(52)23-61-29/h2,4,6,11,14,19,22,24,26-29,33,38H,7-10,12-13,15-18,20-21,23H2,1H3,(H,46,57)(H,48,56,58)/t24-,26-,27-,29-,33?/m1/s1. The van der Waals surface area contributed by atoms with Gasteiger partial charge in [0.2, 0.25) is 11.8 Å². The highest BCUT2D eigenvalue weighted by atomic mass is 19.3. The minimum atomic E-state index is -2.87. The first-order chi connectivity index (χ1) is 29.6. The molecule has 19 heteroatoms. The number of nitrogens with one attached hydrogen (secondary N) is 2. The zero-order chi connectivity index (χ0) is 41.9. The van der Waals surface area contributed by atoms with Crippen molar-refractivity contribution in [2.24, 2.45) is 13.0 Å². The van der Waals surface area contributed by atoms with Crippen molar-refractivity contribution in [3.8, 4) is 11.8 Å². The van der Waals surface area contributed by atoms with Gasteiger partial charge in [-0.1, -0.05) is 17.9 Å². The number of alkyl halides is 2. The summed E-state index contributed by atoms with van der Waals surface area (Å²) in [5.74, 6) is 5.97. The fraction of sp³-hybridized carbons (Fsp3) is 0.500. The van der Waals surface area contributed by atoms with Gasteiger partial charge in [-0.15, -0.1) is 0 Å². The molecule has 2 bridgehead atoms. The van der Waals surface area contributed by atoms with Gasteiger partial charge in [0.1, 0.15) is 24.0 Å². The molecular weight excluding hydrogens is 793 g/mol. The molecule has 10 rings (SSSR count). The molecule has 17 nitrogen and oxygen atoms in total. The van der Waals surface area contributed by atoms with Crippen LogP contribution in [0.3, 0.4) is 0 Å². The lowest BCUT2D eigenvalue weighted by Gasteiger charge is -2.40. The van der Waals surface area contributed by atoms with Gasteiger partial charge in [0.05, 0.1) is 59.4 Å². The largest absolute Gasteiger partial charge is 0.374 e. The van der Waals surface area contributed by atoms with Crippen LogP contribution >= 0.6 is 0 Å². The molecule has 4 saturated heterocycles. The number of carbonyl (C=O) groups excluding carboxylic acids is 3. The van der Waals surface area contributed by atoms with Crippen LogP contribution in [-0.4, -0.2) is 114 Å². The molecule has 1 aliphatic carbocycles. The lowest BCUT2D eigenvalue weighted by Crippen LogP contribution is -2.44. The van der Waals surface area contributed by atoms with Crippen molar-refractivity contribution in [2.45, 2.75) is 81.7 Å². The number of imide groups is 1. The third kappa shape index (κ3) is 7.35. The maximum atomic E-state index is 14.2. The fourth-order valence-electron chi connectivity index (χ4n) is 9.65. The molecule has 3 atom stereocenters. The van der Waals surface area contributed by atoms with Gasteiger partial charge in [0.25, 0.3) is 12.3 Å². The second kappa shape index (κ2) is 15.8. The Bertz CT molecular complexity index is 2660. The zero-order valence-corrected chi connectivity index (χ0v) is 33.5. The Morgan fingerprint density at radius 2 is 1.93 bits per heavy atom. The molecule has 2 N–H and O–H groups in total. The molecule has 3 amide bonds. The molecule has 5 aliphatic rings. The molecular formula is C42H45F2N11O6. The lowest BCUT2D eigenvalue weighted by molar-refractivity contribution is -0.135. The molecule has 1 unspecified atom stereocenters. The summed E-state index contributed by atoms with van der Waals surface area (Å²) in [7, 11) is 1.65. The first-order valence-corrected chi connectivity index (χ1v) is 20.9. The highest BCUT2D eigenvalue weighted by molar-refractivity contribution is 6.08. The number of likely N-dealkylation sites (tertiary alicyclic amines) is 1. The molecule has 318 valence electrons. The number of hydrogen-bond donors (Lipinski definition) is 2. The average molecular weight is 838 g/mol. The van der Waals surface area contributed by atoms with Gasteiger partial charge in [0, 0.05) is 52.0 Å². The molecule has 8 heterocycles. The molecule has 0 spiro atoms. The lowest BCUT2D eigenvalue weighted by atomic mass is 9.79. The van der Waals surface area contributed by atoms with Crippen LogP contribution in [0.15, 0.2) is 47.7 Å². The Labute approximate surface area is 347 Å². The van der Waals surface area contributed by atoms with Crippen molar-refractivity contribution in [1.82, 2.24) is 43.7 Å². The van der Waals surface area contributed by atoms with E-state index >= 15 is 0 Å². The van der Waals surface area contributed by atoms with Crippen LogP contribution in [0.2, 0.25) is 0 Å². The van der Waals surface area contributed by atoms with E-state index in [2.05, 4.69) is 42.5 Å². The van der Waals surface area contributed by atoms with Gasteiger partial charge in [-0.05, 0) is 62.6 Å². The summed E-state index contributed by atoms with van der Waals surface area (Å²) in [6.07, 6.45) is 6.70. The summed E-state index contributed by atoms with van der Waals surface area (Å²) in [6, 6.07) is 6.70. The number of imidazole rings is 1. The van der Waals surface area contributed by atoms with Crippen molar-refractivity contribution >= 4 is 45.9 Å². The van der Waals surface area contributed by atoms with Crippen LogP contribution in [0, 0.1) is 17.8 Å². The van der Waals surface area contributed by atoms with Gasteiger partial charge >= 0.3 is 5.69 Å². The molecule has 4 aliphatic heterocycles. The molecule has 1 aromatic carbocycles. The average Bonchev–Trinajstić information content (AvgIpc) is 4.08. The number of rotatable bonds is 10. The number of morpholine rings is 1. The topological polar surface area (TPSA) is 175 Å². The van der Waals surface area contributed by atoms with E-state index in [1.807, 2.05) is 12.1 Å². The number of hydrogen-bond acceptors (Lipinski definition) is 11. The number of anilines is 2. The summed E-state index contributed by atoms with van der Waals surface area (Å²) in [6.45, 7) is 4.24. The van der Waals surface area contributed by atoms with E-state index < -0.39 is 30.0 Å². The van der Waals surface area contributed by atoms with Crippen molar-refractivity contribution in [3.05, 3.63) is 70.2 Å². The summed E-state index contributed by atoms with van der Waals surface area (Å²) >= 11 is 0. The number of fused-ring (bicyclic) bond motifs is 4. The minimum Gasteiger partial charge on any atom is -0.374 e. The second-order valence-electron chi connectivity index (χ2n) is 16.7. The first-order valence-electron chi connectivity index (χ1n) is 20.9. The van der Waals surface area contributed by atoms with E-state index in [9.17, 15) is 28.0 Å². The number of benzene rings is 1. The van der Waals surface area contributed by atoms with Crippen molar-refractivity contribution < 1.29 is 32.6 Å². The van der Waals surface area contributed by atoms with E-state index in [4.69, 9.17) is 14.5 Å². The summed E-state index contributed by atoms with van der Waals surface area (Å²) in [4.78, 5) is 60.3. The van der Waals surface area contributed by atoms with Crippen molar-refractivity contribution in [3.63, 3.8) is 0 Å². The van der Waals surface area contributed by atoms with Crippen LogP contribution in [0.5, 0.6) is 0 Å². The number of piperidine rings is 2. The number of carbonyl (C=O) groups is 3. The first kappa shape index (κ1) is 39.2. The minimum absolute atomic E-state index is 0.0220. The number of ether oxygens (including phenoxy) is 2. The normalized spacial score (nSPS) is 24.4. The smallest absolute Gasteiger partial charge is 0.329 e. The number of para-hydroxylation sites is 1. The predicted octanol–water partition coefficient (Wildman–Crippen LogP) is 3.21. The fourth-order valence-corrected chi connectivity index (χ4v) is 9.65. The van der Waals surface area contributed by atoms with Crippen LogP contribution in [-0.2, 0) is 26.1 Å². The Morgan fingerprint density at radius 3 is 2.69 bits per heavy atom. The van der Waals surface area contributed by atoms with Gasteiger partial charge < -0.3 is 24.6 Å². The molecule has 5 fully saturated rings. The van der Waals surface area contributed by atoms with E-state index in [0.29, 0.717) is 34.8 Å². The Kier molecular flexibility index (Phi) is 10.2. The molecule has 0 radical (unpaired) electrons. The SMILES string of the molecule is Cn1c(=O)n(C2CCC(=O)NC2=O)c2cccc(C#CCOC3CCN(C[C@H]4C[C@H](n5cc(NC(=O)c6cnn7ccc(N8C[C@H]9C[C@@H]8CO9)nc67)c(C(F)F)n5)C4)CC3)c21. The zero-order valence-electron chi connectivity index (χ0n) is 33.5. The quantitative estimate of drug-likeness (QED) is 0.156. The Morgan fingerprint density at radius 1 is 1.10 bits per heavy atom. The molecule has 4 aromatic heterocycles. The molecule has 5 aromatic rings. The van der Waals surface area contributed by atoms with Crippen molar-refractivity contribution in [2.75, 3.05) is 49.6 Å².